The fourth-order valence-electron chi connectivity index (χ4n) is 5.98. The lowest BCUT2D eigenvalue weighted by Gasteiger charge is -2.64. The number of ether oxygens (including phenoxy) is 1. The highest BCUT2D eigenvalue weighted by Gasteiger charge is 2.60. The van der Waals surface area contributed by atoms with E-state index in [9.17, 15) is 0 Å². The lowest BCUT2D eigenvalue weighted by atomic mass is 9.45. The largest absolute Gasteiger partial charge is 0.376 e. The molecule has 2 bridgehead atoms. The van der Waals surface area contributed by atoms with Gasteiger partial charge in [0, 0.05) is 0 Å². The van der Waals surface area contributed by atoms with Crippen LogP contribution in [0.4, 0.5) is 0 Å². The molecule has 0 radical (unpaired) electrons. The average molecular weight is 379 g/mol. The Hall–Kier alpha value is -1.38. The highest BCUT2D eigenvalue weighted by Crippen LogP contribution is 2.66. The molecule has 0 unspecified atom stereocenters. The summed E-state index contributed by atoms with van der Waals surface area (Å²) in [6.07, 6.45) is 2.82. The van der Waals surface area contributed by atoms with Crippen molar-refractivity contribution in [3.63, 3.8) is 0 Å². The maximum atomic E-state index is 6.33. The predicted octanol–water partition coefficient (Wildman–Crippen LogP) is 5.87. The van der Waals surface area contributed by atoms with Gasteiger partial charge in [0.15, 0.2) is 0 Å². The van der Waals surface area contributed by atoms with E-state index in [0.717, 1.165) is 30.6 Å². The summed E-state index contributed by atoms with van der Waals surface area (Å²) in [6.45, 7) is 11.9. The van der Waals surface area contributed by atoms with Gasteiger partial charge in [-0.25, -0.2) is 0 Å². The summed E-state index contributed by atoms with van der Waals surface area (Å²) in [4.78, 5) is 0. The van der Waals surface area contributed by atoms with Crippen molar-refractivity contribution < 1.29 is 4.74 Å². The van der Waals surface area contributed by atoms with Crippen molar-refractivity contribution in [1.82, 2.24) is 0 Å². The van der Waals surface area contributed by atoms with Gasteiger partial charge in [-0.05, 0) is 47.1 Å². The van der Waals surface area contributed by atoms with E-state index in [1.165, 1.54) is 18.4 Å². The molecule has 0 amide bonds. The highest BCUT2D eigenvalue weighted by molar-refractivity contribution is 6.91. The number of benzene rings is 2. The van der Waals surface area contributed by atoms with E-state index >= 15 is 0 Å². The Balaban J connectivity index is 1.53. The fourth-order valence-corrected chi connectivity index (χ4v) is 9.73. The van der Waals surface area contributed by atoms with E-state index in [4.69, 9.17) is 4.74 Å². The number of fused-ring (bicyclic) bond motifs is 2. The third-order valence-electron chi connectivity index (χ3n) is 7.99. The second-order valence-electron chi connectivity index (χ2n) is 9.95. The summed E-state index contributed by atoms with van der Waals surface area (Å²) in [7, 11) is -1.52. The van der Waals surface area contributed by atoms with Crippen LogP contribution in [0.1, 0.15) is 32.3 Å². The van der Waals surface area contributed by atoms with Crippen LogP contribution in [0.3, 0.4) is 0 Å². The van der Waals surface area contributed by atoms with Gasteiger partial charge in [0.05, 0.1) is 21.3 Å². The van der Waals surface area contributed by atoms with Crippen molar-refractivity contribution in [3.8, 4) is 0 Å². The van der Waals surface area contributed by atoms with Crippen LogP contribution in [-0.4, -0.2) is 14.7 Å². The first-order chi connectivity index (χ1) is 12.9. The molecule has 0 saturated heterocycles. The minimum Gasteiger partial charge on any atom is -0.376 e. The molecule has 0 aliphatic heterocycles. The number of hydrogen-bond acceptors (Lipinski definition) is 1. The molecular formula is C25H34OSi. The first-order valence-corrected chi connectivity index (χ1v) is 13.7. The maximum Gasteiger partial charge on any atom is 0.0840 e. The van der Waals surface area contributed by atoms with Crippen LogP contribution in [0, 0.1) is 23.2 Å². The lowest BCUT2D eigenvalue weighted by molar-refractivity contribution is -0.126. The third-order valence-corrected chi connectivity index (χ3v) is 12.3. The summed E-state index contributed by atoms with van der Waals surface area (Å²) in [6, 6.07) is 22.0. The van der Waals surface area contributed by atoms with Gasteiger partial charge >= 0.3 is 0 Å². The van der Waals surface area contributed by atoms with E-state index in [1.807, 2.05) is 0 Å². The Morgan fingerprint density at radius 3 is 2.19 bits per heavy atom. The molecule has 3 aliphatic carbocycles. The number of hydrogen-bond donors (Lipinski definition) is 0. The van der Waals surface area contributed by atoms with E-state index in [1.54, 1.807) is 5.19 Å². The van der Waals surface area contributed by atoms with Gasteiger partial charge in [0.25, 0.3) is 0 Å². The molecule has 0 heterocycles. The number of rotatable bonds is 6. The van der Waals surface area contributed by atoms with E-state index in [2.05, 4.69) is 87.6 Å². The van der Waals surface area contributed by atoms with Crippen molar-refractivity contribution in [2.45, 2.75) is 51.9 Å². The minimum atomic E-state index is -1.52. The molecule has 2 heteroatoms. The average Bonchev–Trinajstić information content (AvgIpc) is 2.69. The molecule has 0 N–H and O–H groups in total. The normalized spacial score (nSPS) is 29.2. The van der Waals surface area contributed by atoms with Crippen LogP contribution in [-0.2, 0) is 11.3 Å². The third kappa shape index (κ3) is 3.43. The second kappa shape index (κ2) is 7.22. The SMILES string of the molecule is CC1(C)[C@@H]2C[C@H]1[C@H](COCc1ccccc1)[C@@H]([Si](C)(C)c1ccccc1)C2. The standard InChI is InChI=1S/C25H34OSi/c1-25(2)20-15-23(25)22(18-26-17-19-11-7-5-8-12-19)24(16-20)27(3,4)21-13-9-6-10-14-21/h5-14,20,22-24H,15-18H2,1-4H3/t20-,22+,23+,24+/m1/s1. The van der Waals surface area contributed by atoms with Crippen LogP contribution in [0.2, 0.25) is 18.6 Å². The van der Waals surface area contributed by atoms with E-state index in [-0.39, 0.29) is 0 Å². The molecular weight excluding hydrogens is 344 g/mol. The topological polar surface area (TPSA) is 9.23 Å². The van der Waals surface area contributed by atoms with Crippen LogP contribution >= 0.6 is 0 Å². The van der Waals surface area contributed by atoms with Crippen molar-refractivity contribution in [2.24, 2.45) is 23.2 Å². The van der Waals surface area contributed by atoms with Gasteiger partial charge in [-0.1, -0.05) is 92.8 Å². The first-order valence-electron chi connectivity index (χ1n) is 10.6. The first kappa shape index (κ1) is 19.0. The van der Waals surface area contributed by atoms with Gasteiger partial charge in [0.1, 0.15) is 0 Å². The van der Waals surface area contributed by atoms with Crippen molar-refractivity contribution >= 4 is 13.3 Å². The minimum absolute atomic E-state index is 0.498. The van der Waals surface area contributed by atoms with Crippen LogP contribution in [0.5, 0.6) is 0 Å². The molecule has 3 fully saturated rings. The smallest absolute Gasteiger partial charge is 0.0840 e. The molecule has 0 aromatic heterocycles. The summed E-state index contributed by atoms with van der Waals surface area (Å²) >= 11 is 0. The highest BCUT2D eigenvalue weighted by atomic mass is 28.3. The molecule has 0 spiro atoms. The molecule has 3 aliphatic rings. The Morgan fingerprint density at radius 1 is 0.926 bits per heavy atom. The maximum absolute atomic E-state index is 6.33. The fraction of sp³-hybridized carbons (Fsp3) is 0.520. The summed E-state index contributed by atoms with van der Waals surface area (Å²) in [5.74, 6) is 2.44. The Morgan fingerprint density at radius 2 is 1.56 bits per heavy atom. The van der Waals surface area contributed by atoms with Crippen molar-refractivity contribution in [1.29, 1.82) is 0 Å². The molecule has 1 nitrogen and oxygen atoms in total. The zero-order valence-electron chi connectivity index (χ0n) is 17.3. The summed E-state index contributed by atoms with van der Waals surface area (Å²) in [5.41, 5.74) is 2.61. The molecule has 2 aromatic rings. The van der Waals surface area contributed by atoms with Gasteiger partial charge in [-0.15, -0.1) is 0 Å². The Bertz CT molecular complexity index is 752. The molecule has 5 rings (SSSR count). The van der Waals surface area contributed by atoms with Crippen molar-refractivity contribution in [3.05, 3.63) is 66.2 Å². The van der Waals surface area contributed by atoms with Gasteiger partial charge in [0.2, 0.25) is 0 Å². The second-order valence-corrected chi connectivity index (χ2v) is 14.7. The van der Waals surface area contributed by atoms with Crippen LogP contribution < -0.4 is 5.19 Å². The van der Waals surface area contributed by atoms with E-state index in [0.29, 0.717) is 11.3 Å². The summed E-state index contributed by atoms with van der Waals surface area (Å²) in [5, 5.41) is 1.61. The zero-order chi connectivity index (χ0) is 19.1. The quantitative estimate of drug-likeness (QED) is 0.571. The Kier molecular flexibility index (Phi) is 5.07. The zero-order valence-corrected chi connectivity index (χ0v) is 18.3. The molecule has 144 valence electrons. The molecule has 4 atom stereocenters. The molecule has 3 saturated carbocycles. The van der Waals surface area contributed by atoms with Gasteiger partial charge in [-0.2, -0.15) is 0 Å². The Labute approximate surface area is 166 Å². The summed E-state index contributed by atoms with van der Waals surface area (Å²) < 4.78 is 6.33. The molecule has 27 heavy (non-hydrogen) atoms. The van der Waals surface area contributed by atoms with Crippen LogP contribution in [0.15, 0.2) is 60.7 Å². The van der Waals surface area contributed by atoms with Crippen LogP contribution in [0.25, 0.3) is 0 Å². The lowest BCUT2D eigenvalue weighted by Crippen LogP contribution is -2.62. The monoisotopic (exact) mass is 378 g/mol. The molecule has 2 aromatic carbocycles. The van der Waals surface area contributed by atoms with E-state index < -0.39 is 8.07 Å². The predicted molar refractivity (Wildman–Crippen MR) is 117 cm³/mol. The van der Waals surface area contributed by atoms with Gasteiger partial charge in [-0.3, -0.25) is 0 Å². The van der Waals surface area contributed by atoms with Crippen molar-refractivity contribution in [2.75, 3.05) is 6.61 Å². The van der Waals surface area contributed by atoms with Gasteiger partial charge < -0.3 is 4.74 Å².